The average molecular weight is 493 g/mol. The minimum absolute atomic E-state index is 0.00468. The second-order valence-corrected chi connectivity index (χ2v) is 9.40. The summed E-state index contributed by atoms with van der Waals surface area (Å²) in [5, 5.41) is 9.10. The van der Waals surface area contributed by atoms with Gasteiger partial charge in [0, 0.05) is 5.57 Å². The topological polar surface area (TPSA) is 72.8 Å². The van der Waals surface area contributed by atoms with Gasteiger partial charge in [-0.25, -0.2) is 9.59 Å². The molecule has 0 radical (unpaired) electrons. The SMILES string of the molecule is C=C(C)C(=O)OCC(COC(=O)C(=C)CO)c1ccc(CCc2ccc(CCCCC)cc2)c(C)c1. The molecular weight excluding hydrogens is 452 g/mol. The number of aryl methyl sites for hydroxylation is 4. The normalized spacial score (nSPS) is 11.6. The first-order valence-corrected chi connectivity index (χ1v) is 12.7. The van der Waals surface area contributed by atoms with Crippen molar-refractivity contribution < 1.29 is 24.2 Å². The Hall–Kier alpha value is -3.18. The summed E-state index contributed by atoms with van der Waals surface area (Å²) in [5.41, 5.74) is 6.28. The minimum Gasteiger partial charge on any atom is -0.462 e. The highest BCUT2D eigenvalue weighted by Gasteiger charge is 2.19. The van der Waals surface area contributed by atoms with Crippen LogP contribution in [0.2, 0.25) is 0 Å². The van der Waals surface area contributed by atoms with Gasteiger partial charge in [0.2, 0.25) is 0 Å². The highest BCUT2D eigenvalue weighted by atomic mass is 16.5. The molecule has 2 aromatic rings. The van der Waals surface area contributed by atoms with Gasteiger partial charge in [0.05, 0.1) is 18.1 Å². The van der Waals surface area contributed by atoms with Gasteiger partial charge >= 0.3 is 11.9 Å². The fourth-order valence-corrected chi connectivity index (χ4v) is 3.87. The Labute approximate surface area is 215 Å². The van der Waals surface area contributed by atoms with Gasteiger partial charge in [-0.1, -0.05) is 75.4 Å². The summed E-state index contributed by atoms with van der Waals surface area (Å²) in [4.78, 5) is 23.9. The molecule has 5 nitrogen and oxygen atoms in total. The molecule has 0 bridgehead atoms. The third-order valence-electron chi connectivity index (χ3n) is 6.27. The van der Waals surface area contributed by atoms with Crippen molar-refractivity contribution >= 4 is 11.9 Å². The molecule has 0 spiro atoms. The van der Waals surface area contributed by atoms with Crippen molar-refractivity contribution in [3.63, 3.8) is 0 Å². The van der Waals surface area contributed by atoms with Crippen LogP contribution < -0.4 is 0 Å². The van der Waals surface area contributed by atoms with E-state index in [0.29, 0.717) is 5.57 Å². The average Bonchev–Trinajstić information content (AvgIpc) is 2.88. The van der Waals surface area contributed by atoms with Crippen LogP contribution in [0.4, 0.5) is 0 Å². The maximum Gasteiger partial charge on any atom is 0.335 e. The van der Waals surface area contributed by atoms with Gasteiger partial charge in [0.15, 0.2) is 0 Å². The van der Waals surface area contributed by atoms with Crippen molar-refractivity contribution in [2.75, 3.05) is 19.8 Å². The number of carbonyl (C=O) groups is 2. The van der Waals surface area contributed by atoms with Crippen LogP contribution in [-0.4, -0.2) is 36.9 Å². The molecule has 194 valence electrons. The fraction of sp³-hybridized carbons (Fsp3) is 0.419. The largest absolute Gasteiger partial charge is 0.462 e. The van der Waals surface area contributed by atoms with Crippen molar-refractivity contribution in [1.82, 2.24) is 0 Å². The lowest BCUT2D eigenvalue weighted by Gasteiger charge is -2.19. The Morgan fingerprint density at radius 2 is 1.50 bits per heavy atom. The van der Waals surface area contributed by atoms with Crippen LogP contribution in [-0.2, 0) is 38.3 Å². The smallest absolute Gasteiger partial charge is 0.335 e. The summed E-state index contributed by atoms with van der Waals surface area (Å²) in [7, 11) is 0. The number of ether oxygens (including phenoxy) is 2. The van der Waals surface area contributed by atoms with E-state index in [1.807, 2.05) is 6.07 Å². The molecule has 0 aliphatic rings. The lowest BCUT2D eigenvalue weighted by atomic mass is 9.93. The van der Waals surface area contributed by atoms with Gasteiger partial charge in [-0.2, -0.15) is 0 Å². The summed E-state index contributed by atoms with van der Waals surface area (Å²) in [6, 6.07) is 15.1. The summed E-state index contributed by atoms with van der Waals surface area (Å²) in [5.74, 6) is -1.51. The molecule has 2 aromatic carbocycles. The standard InChI is InChI=1S/C31H40O5/c1-6-7-8-9-25-10-12-26(13-11-25)14-15-27-16-17-28(18-23(27)4)29(20-35-30(33)22(2)3)21-36-31(34)24(5)19-32/h10-13,16-18,29,32H,2,5-9,14-15,19-21H2,1,3-4H3. The quantitative estimate of drug-likeness (QED) is 0.193. The molecule has 1 atom stereocenters. The lowest BCUT2D eigenvalue weighted by molar-refractivity contribution is -0.142. The lowest BCUT2D eigenvalue weighted by Crippen LogP contribution is -2.21. The van der Waals surface area contributed by atoms with Crippen LogP contribution in [0.1, 0.15) is 66.8 Å². The molecule has 0 amide bonds. The van der Waals surface area contributed by atoms with Crippen molar-refractivity contribution in [1.29, 1.82) is 0 Å². The number of benzene rings is 2. The molecule has 2 rings (SSSR count). The van der Waals surface area contributed by atoms with Crippen molar-refractivity contribution in [3.05, 3.63) is 94.6 Å². The van der Waals surface area contributed by atoms with E-state index in [1.54, 1.807) is 6.92 Å². The molecule has 0 aliphatic carbocycles. The highest BCUT2D eigenvalue weighted by Crippen LogP contribution is 2.23. The third-order valence-corrected chi connectivity index (χ3v) is 6.27. The Morgan fingerprint density at radius 1 is 0.889 bits per heavy atom. The zero-order valence-corrected chi connectivity index (χ0v) is 22.0. The molecule has 36 heavy (non-hydrogen) atoms. The Morgan fingerprint density at radius 3 is 2.06 bits per heavy atom. The first kappa shape index (κ1) is 29.1. The molecule has 0 aliphatic heterocycles. The number of aliphatic hydroxyl groups is 1. The van der Waals surface area contributed by atoms with Gasteiger partial charge in [-0.15, -0.1) is 0 Å². The molecule has 0 heterocycles. The summed E-state index contributed by atoms with van der Waals surface area (Å²) < 4.78 is 10.7. The van der Waals surface area contributed by atoms with Crippen molar-refractivity contribution in [2.24, 2.45) is 0 Å². The number of rotatable bonds is 15. The van der Waals surface area contributed by atoms with Gasteiger partial charge in [0.1, 0.15) is 13.2 Å². The second-order valence-electron chi connectivity index (χ2n) is 9.40. The van der Waals surface area contributed by atoms with E-state index < -0.39 is 18.5 Å². The van der Waals surface area contributed by atoms with Crippen LogP contribution in [0.25, 0.3) is 0 Å². The number of unbranched alkanes of at least 4 members (excludes halogenated alkanes) is 2. The monoisotopic (exact) mass is 492 g/mol. The van der Waals surface area contributed by atoms with E-state index in [-0.39, 0.29) is 24.7 Å². The molecule has 0 saturated heterocycles. The van der Waals surface area contributed by atoms with Crippen LogP contribution in [0.3, 0.4) is 0 Å². The van der Waals surface area contributed by atoms with E-state index in [1.165, 1.54) is 36.0 Å². The second kappa shape index (κ2) is 15.0. The summed E-state index contributed by atoms with van der Waals surface area (Å²) in [6.07, 6.45) is 6.76. The van der Waals surface area contributed by atoms with Crippen LogP contribution in [0.5, 0.6) is 0 Å². The minimum atomic E-state index is -0.668. The maximum atomic E-state index is 12.0. The fourth-order valence-electron chi connectivity index (χ4n) is 3.87. The van der Waals surface area contributed by atoms with Crippen LogP contribution in [0, 0.1) is 6.92 Å². The van der Waals surface area contributed by atoms with Crippen molar-refractivity contribution in [2.45, 2.75) is 65.2 Å². The first-order chi connectivity index (χ1) is 17.2. The van der Waals surface area contributed by atoms with E-state index in [4.69, 9.17) is 14.6 Å². The molecule has 0 aromatic heterocycles. The molecule has 0 saturated carbocycles. The van der Waals surface area contributed by atoms with E-state index in [9.17, 15) is 9.59 Å². The van der Waals surface area contributed by atoms with E-state index in [2.05, 4.69) is 63.4 Å². The Bertz CT molecular complexity index is 1040. The number of esters is 2. The molecular formula is C31H40O5. The number of aliphatic hydroxyl groups excluding tert-OH is 1. The molecule has 5 heteroatoms. The molecule has 1 unspecified atom stereocenters. The molecule has 1 N–H and O–H groups in total. The third kappa shape index (κ3) is 9.46. The van der Waals surface area contributed by atoms with Crippen LogP contribution >= 0.6 is 0 Å². The zero-order valence-electron chi connectivity index (χ0n) is 22.0. The maximum absolute atomic E-state index is 12.0. The predicted molar refractivity (Wildman–Crippen MR) is 144 cm³/mol. The first-order valence-electron chi connectivity index (χ1n) is 12.7. The zero-order chi connectivity index (χ0) is 26.5. The van der Waals surface area contributed by atoms with Gasteiger partial charge < -0.3 is 14.6 Å². The molecule has 0 fully saturated rings. The van der Waals surface area contributed by atoms with E-state index in [0.717, 1.165) is 30.4 Å². The summed E-state index contributed by atoms with van der Waals surface area (Å²) >= 11 is 0. The number of carbonyl (C=O) groups excluding carboxylic acids is 2. The predicted octanol–water partition coefficient (Wildman–Crippen LogP) is 5.81. The highest BCUT2D eigenvalue weighted by molar-refractivity contribution is 5.88. The van der Waals surface area contributed by atoms with Crippen LogP contribution in [0.15, 0.2) is 66.8 Å². The number of hydrogen-bond acceptors (Lipinski definition) is 5. The van der Waals surface area contributed by atoms with Gasteiger partial charge in [0.25, 0.3) is 0 Å². The van der Waals surface area contributed by atoms with E-state index >= 15 is 0 Å². The summed E-state index contributed by atoms with van der Waals surface area (Å²) in [6.45, 7) is 12.6. The van der Waals surface area contributed by atoms with Gasteiger partial charge in [-0.05, 0) is 67.3 Å². The Balaban J connectivity index is 2.05. The number of hydrogen-bond donors (Lipinski definition) is 1. The Kier molecular flexibility index (Phi) is 12.1. The van der Waals surface area contributed by atoms with Gasteiger partial charge in [-0.3, -0.25) is 0 Å². The van der Waals surface area contributed by atoms with Crippen molar-refractivity contribution in [3.8, 4) is 0 Å².